The molecular formula is C25H35NO6. The Morgan fingerprint density at radius 2 is 1.88 bits per heavy atom. The maximum atomic E-state index is 13.3. The zero-order chi connectivity index (χ0) is 23.6. The first kappa shape index (κ1) is 24.1. The average molecular weight is 446 g/mol. The SMILES string of the molecule is C=CC[C@@]12CCC[C@]1(C(=O)OC)N(C(=O)OC(C)(C)C)CC2OCc1ccc(OC)cc1. The number of ether oxygens (including phenoxy) is 4. The summed E-state index contributed by atoms with van der Waals surface area (Å²) >= 11 is 0. The van der Waals surface area contributed by atoms with E-state index in [0.717, 1.165) is 24.2 Å². The largest absolute Gasteiger partial charge is 0.497 e. The fourth-order valence-corrected chi connectivity index (χ4v) is 5.37. The van der Waals surface area contributed by atoms with E-state index < -0.39 is 28.6 Å². The molecule has 1 unspecified atom stereocenters. The lowest BCUT2D eigenvalue weighted by Gasteiger charge is -2.43. The number of allylic oxidation sites excluding steroid dienone is 1. The molecular weight excluding hydrogens is 410 g/mol. The van der Waals surface area contributed by atoms with E-state index in [1.165, 1.54) is 7.11 Å². The highest BCUT2D eigenvalue weighted by Gasteiger charge is 2.72. The van der Waals surface area contributed by atoms with Gasteiger partial charge in [-0.2, -0.15) is 0 Å². The molecule has 1 aromatic rings. The van der Waals surface area contributed by atoms with Crippen LogP contribution in [0.2, 0.25) is 0 Å². The van der Waals surface area contributed by atoms with E-state index >= 15 is 0 Å². The number of nitrogens with zero attached hydrogens (tertiary/aromatic N) is 1. The van der Waals surface area contributed by atoms with Crippen molar-refractivity contribution < 1.29 is 28.5 Å². The van der Waals surface area contributed by atoms with Gasteiger partial charge in [-0.1, -0.05) is 18.2 Å². The molecule has 0 radical (unpaired) electrons. The maximum Gasteiger partial charge on any atom is 0.411 e. The zero-order valence-electron chi connectivity index (χ0n) is 19.8. The maximum absolute atomic E-state index is 13.3. The van der Waals surface area contributed by atoms with Gasteiger partial charge in [-0.05, 0) is 64.2 Å². The number of carbonyl (C=O) groups excluding carboxylic acids is 2. The van der Waals surface area contributed by atoms with E-state index in [4.69, 9.17) is 18.9 Å². The molecule has 2 aliphatic rings. The molecule has 1 heterocycles. The monoisotopic (exact) mass is 445 g/mol. The summed E-state index contributed by atoms with van der Waals surface area (Å²) in [4.78, 5) is 28.1. The van der Waals surface area contributed by atoms with E-state index in [2.05, 4.69) is 6.58 Å². The van der Waals surface area contributed by atoms with Crippen molar-refractivity contribution in [2.45, 2.75) is 70.3 Å². The Morgan fingerprint density at radius 3 is 2.44 bits per heavy atom. The van der Waals surface area contributed by atoms with Gasteiger partial charge in [0.1, 0.15) is 11.4 Å². The van der Waals surface area contributed by atoms with Crippen LogP contribution in [-0.4, -0.2) is 55.0 Å². The number of fused-ring (bicyclic) bond motifs is 1. The van der Waals surface area contributed by atoms with Gasteiger partial charge in [-0.3, -0.25) is 4.90 Å². The second-order valence-corrected chi connectivity index (χ2v) is 9.59. The van der Waals surface area contributed by atoms with Crippen LogP contribution in [0.5, 0.6) is 5.75 Å². The highest BCUT2D eigenvalue weighted by Crippen LogP contribution is 2.60. The summed E-state index contributed by atoms with van der Waals surface area (Å²) in [6, 6.07) is 7.66. The Hall–Kier alpha value is -2.54. The predicted molar refractivity (Wildman–Crippen MR) is 120 cm³/mol. The summed E-state index contributed by atoms with van der Waals surface area (Å²) in [6.45, 7) is 10.00. The lowest BCUT2D eigenvalue weighted by atomic mass is 9.68. The molecule has 1 aliphatic carbocycles. The number of benzene rings is 1. The topological polar surface area (TPSA) is 74.3 Å². The minimum absolute atomic E-state index is 0.258. The van der Waals surface area contributed by atoms with Crippen molar-refractivity contribution in [1.82, 2.24) is 4.90 Å². The summed E-state index contributed by atoms with van der Waals surface area (Å²) in [5, 5.41) is 0. The molecule has 0 N–H and O–H groups in total. The third kappa shape index (κ3) is 4.10. The van der Waals surface area contributed by atoms with Gasteiger partial charge in [-0.15, -0.1) is 6.58 Å². The molecule has 32 heavy (non-hydrogen) atoms. The van der Waals surface area contributed by atoms with E-state index in [1.807, 2.05) is 51.1 Å². The van der Waals surface area contributed by atoms with Crippen molar-refractivity contribution in [1.29, 1.82) is 0 Å². The quantitative estimate of drug-likeness (QED) is 0.455. The highest BCUT2D eigenvalue weighted by atomic mass is 16.6. The third-order valence-electron chi connectivity index (χ3n) is 6.67. The first-order valence-corrected chi connectivity index (χ1v) is 11.1. The summed E-state index contributed by atoms with van der Waals surface area (Å²) in [6.07, 6.45) is 3.49. The summed E-state index contributed by atoms with van der Waals surface area (Å²) in [5.74, 6) is 0.354. The van der Waals surface area contributed by atoms with Gasteiger partial charge in [0.05, 0.1) is 33.5 Å². The van der Waals surface area contributed by atoms with Gasteiger partial charge in [0, 0.05) is 5.41 Å². The fraction of sp³-hybridized carbons (Fsp3) is 0.600. The van der Waals surface area contributed by atoms with Gasteiger partial charge < -0.3 is 18.9 Å². The fourth-order valence-electron chi connectivity index (χ4n) is 5.37. The molecule has 0 bridgehead atoms. The van der Waals surface area contributed by atoms with Gasteiger partial charge in [0.2, 0.25) is 0 Å². The minimum atomic E-state index is -1.14. The Bertz CT molecular complexity index is 845. The number of hydrogen-bond donors (Lipinski definition) is 0. The number of likely N-dealkylation sites (tertiary alicyclic amines) is 1. The Kier molecular flexibility index (Phi) is 6.89. The number of methoxy groups -OCH3 is 2. The van der Waals surface area contributed by atoms with Crippen LogP contribution in [0.3, 0.4) is 0 Å². The minimum Gasteiger partial charge on any atom is -0.497 e. The van der Waals surface area contributed by atoms with Gasteiger partial charge in [0.25, 0.3) is 0 Å². The molecule has 0 aromatic heterocycles. The standard InChI is InChI=1S/C25H35NO6/c1-7-13-24-14-8-15-25(24,21(27)30-6)26(22(28)32-23(2,3)4)16-20(24)31-17-18-9-11-19(29-5)12-10-18/h7,9-12,20H,1,8,13-17H2,2-6H3/t20?,24-,25+/m0/s1. The molecule has 2 fully saturated rings. The number of esters is 1. The van der Waals surface area contributed by atoms with Gasteiger partial charge in [-0.25, -0.2) is 9.59 Å². The van der Waals surface area contributed by atoms with Crippen LogP contribution >= 0.6 is 0 Å². The van der Waals surface area contributed by atoms with Crippen LogP contribution in [0.4, 0.5) is 4.79 Å². The van der Waals surface area contributed by atoms with E-state index in [9.17, 15) is 9.59 Å². The molecule has 1 aliphatic heterocycles. The molecule has 176 valence electrons. The predicted octanol–water partition coefficient (Wildman–Crippen LogP) is 4.49. The van der Waals surface area contributed by atoms with Crippen molar-refractivity contribution in [3.8, 4) is 5.75 Å². The molecule has 1 amide bonds. The normalized spacial score (nSPS) is 27.0. The molecule has 0 spiro atoms. The van der Waals surface area contributed by atoms with Crippen LogP contribution in [0.25, 0.3) is 0 Å². The van der Waals surface area contributed by atoms with Crippen molar-refractivity contribution >= 4 is 12.1 Å². The van der Waals surface area contributed by atoms with E-state index in [0.29, 0.717) is 19.4 Å². The molecule has 1 aromatic carbocycles. The molecule has 1 saturated heterocycles. The Balaban J connectivity index is 1.96. The van der Waals surface area contributed by atoms with Crippen molar-refractivity contribution in [2.24, 2.45) is 5.41 Å². The van der Waals surface area contributed by atoms with Crippen molar-refractivity contribution in [3.05, 3.63) is 42.5 Å². The van der Waals surface area contributed by atoms with Crippen LogP contribution in [-0.2, 0) is 25.6 Å². The first-order valence-electron chi connectivity index (χ1n) is 11.1. The Morgan fingerprint density at radius 1 is 1.19 bits per heavy atom. The summed E-state index contributed by atoms with van der Waals surface area (Å²) < 4.78 is 22.6. The van der Waals surface area contributed by atoms with E-state index in [-0.39, 0.29) is 12.6 Å². The number of carbonyl (C=O) groups is 2. The second kappa shape index (κ2) is 9.14. The number of hydrogen-bond acceptors (Lipinski definition) is 6. The summed E-state index contributed by atoms with van der Waals surface area (Å²) in [7, 11) is 2.99. The number of amides is 1. The second-order valence-electron chi connectivity index (χ2n) is 9.59. The molecule has 3 rings (SSSR count). The van der Waals surface area contributed by atoms with Gasteiger partial charge >= 0.3 is 12.1 Å². The average Bonchev–Trinajstić information content (AvgIpc) is 3.24. The van der Waals surface area contributed by atoms with Crippen LogP contribution in [0.15, 0.2) is 36.9 Å². The lowest BCUT2D eigenvalue weighted by molar-refractivity contribution is -0.160. The Labute approximate surface area is 190 Å². The molecule has 3 atom stereocenters. The third-order valence-corrected chi connectivity index (χ3v) is 6.67. The van der Waals surface area contributed by atoms with Crippen LogP contribution in [0.1, 0.15) is 52.0 Å². The number of rotatable bonds is 7. The van der Waals surface area contributed by atoms with Crippen molar-refractivity contribution in [3.63, 3.8) is 0 Å². The summed E-state index contributed by atoms with van der Waals surface area (Å²) in [5.41, 5.74) is -1.46. The first-order chi connectivity index (χ1) is 15.1. The molecule has 7 nitrogen and oxygen atoms in total. The van der Waals surface area contributed by atoms with E-state index in [1.54, 1.807) is 12.0 Å². The molecule has 1 saturated carbocycles. The zero-order valence-corrected chi connectivity index (χ0v) is 19.8. The smallest absolute Gasteiger partial charge is 0.411 e. The van der Waals surface area contributed by atoms with Crippen molar-refractivity contribution in [2.75, 3.05) is 20.8 Å². The lowest BCUT2D eigenvalue weighted by Crippen LogP contribution is -2.60. The van der Waals surface area contributed by atoms with Crippen LogP contribution < -0.4 is 4.74 Å². The van der Waals surface area contributed by atoms with Gasteiger partial charge in [0.15, 0.2) is 5.54 Å². The van der Waals surface area contributed by atoms with Crippen LogP contribution in [0, 0.1) is 5.41 Å². The highest BCUT2D eigenvalue weighted by molar-refractivity contribution is 5.88. The molecule has 7 heteroatoms.